The summed E-state index contributed by atoms with van der Waals surface area (Å²) in [6.45, 7) is 3.51. The first kappa shape index (κ1) is 25.0. The van der Waals surface area contributed by atoms with Crippen molar-refractivity contribution in [2.24, 2.45) is 0 Å². The van der Waals surface area contributed by atoms with E-state index in [0.717, 1.165) is 22.9 Å². The molecular weight excluding hydrogens is 471 g/mol. The summed E-state index contributed by atoms with van der Waals surface area (Å²) >= 11 is 0. The fourth-order valence-corrected chi connectivity index (χ4v) is 4.10. The molecule has 0 fully saturated rings. The third-order valence-electron chi connectivity index (χ3n) is 5.73. The molecule has 9 heteroatoms. The molecule has 4 aromatic rings. The molecule has 0 spiro atoms. The molecule has 1 N–H and O–H groups in total. The minimum atomic E-state index is -4.85. The summed E-state index contributed by atoms with van der Waals surface area (Å²) in [4.78, 5) is 16.6. The van der Waals surface area contributed by atoms with Crippen molar-refractivity contribution >= 4 is 5.97 Å². The quantitative estimate of drug-likeness (QED) is 0.310. The second kappa shape index (κ2) is 10.2. The zero-order valence-electron chi connectivity index (χ0n) is 19.7. The van der Waals surface area contributed by atoms with Crippen LogP contribution < -0.4 is 0 Å². The van der Waals surface area contributed by atoms with E-state index in [1.165, 1.54) is 13.0 Å². The molecule has 0 amide bonds. The third-order valence-corrected chi connectivity index (χ3v) is 5.73. The Hall–Kier alpha value is -4.14. The van der Waals surface area contributed by atoms with Gasteiger partial charge in [-0.1, -0.05) is 49.4 Å². The van der Waals surface area contributed by atoms with Crippen LogP contribution in [0.2, 0.25) is 0 Å². The predicted molar refractivity (Wildman–Crippen MR) is 128 cm³/mol. The van der Waals surface area contributed by atoms with Crippen LogP contribution in [-0.4, -0.2) is 32.4 Å². The minimum absolute atomic E-state index is 0.0575. The number of pyridine rings is 1. The Kier molecular flexibility index (Phi) is 7.10. The second-order valence-corrected chi connectivity index (χ2v) is 8.28. The van der Waals surface area contributed by atoms with Gasteiger partial charge in [0.15, 0.2) is 11.5 Å². The number of aromatic hydroxyl groups is 1. The number of benzene rings is 2. The lowest BCUT2D eigenvalue weighted by atomic mass is 9.89. The van der Waals surface area contributed by atoms with Gasteiger partial charge in [0, 0.05) is 5.56 Å². The fraction of sp³-hybridized carbons (Fsp3) is 0.222. The van der Waals surface area contributed by atoms with Gasteiger partial charge in [-0.05, 0) is 54.7 Å². The van der Waals surface area contributed by atoms with Crippen LogP contribution in [0.3, 0.4) is 0 Å². The number of hydrogen-bond donors (Lipinski definition) is 1. The van der Waals surface area contributed by atoms with E-state index in [0.29, 0.717) is 16.8 Å². The molecule has 1 atom stereocenters. The molecular formula is C27H24F3N3O3. The molecule has 0 aliphatic heterocycles. The number of halogens is 3. The van der Waals surface area contributed by atoms with E-state index in [1.54, 1.807) is 24.3 Å². The summed E-state index contributed by atoms with van der Waals surface area (Å²) in [7, 11) is 0. The molecule has 6 nitrogen and oxygen atoms in total. The highest BCUT2D eigenvalue weighted by Crippen LogP contribution is 2.35. The van der Waals surface area contributed by atoms with Crippen LogP contribution in [-0.2, 0) is 17.3 Å². The van der Waals surface area contributed by atoms with Crippen molar-refractivity contribution in [1.82, 2.24) is 14.8 Å². The number of aromatic nitrogens is 3. The summed E-state index contributed by atoms with van der Waals surface area (Å²) in [5, 5.41) is 13.4. The molecule has 0 saturated carbocycles. The van der Waals surface area contributed by atoms with Crippen LogP contribution in [0.15, 0.2) is 72.9 Å². The maximum absolute atomic E-state index is 13.9. The molecule has 36 heavy (non-hydrogen) atoms. The van der Waals surface area contributed by atoms with E-state index in [2.05, 4.69) is 17.0 Å². The Morgan fingerprint density at radius 2 is 1.78 bits per heavy atom. The van der Waals surface area contributed by atoms with E-state index in [9.17, 15) is 23.1 Å². The summed E-state index contributed by atoms with van der Waals surface area (Å²) in [6.07, 6.45) is -3.31. The van der Waals surface area contributed by atoms with Crippen molar-refractivity contribution in [2.45, 2.75) is 32.4 Å². The summed E-state index contributed by atoms with van der Waals surface area (Å²) in [5.74, 6) is -0.921. The van der Waals surface area contributed by atoms with Crippen molar-refractivity contribution in [3.05, 3.63) is 95.3 Å². The topological polar surface area (TPSA) is 77.2 Å². The average molecular weight is 496 g/mol. The van der Waals surface area contributed by atoms with Gasteiger partial charge in [0.2, 0.25) is 0 Å². The zero-order valence-corrected chi connectivity index (χ0v) is 19.7. The second-order valence-electron chi connectivity index (χ2n) is 8.28. The standard InChI is InChI=1S/C27H24F3N3O3/c1-3-36-26(35)22-16-31-33(25(22)27(28,29)30)24-10-6-9-23(32-24)21-8-5-4-7-20(21)17(2)15-18-11-13-19(34)14-12-18/h4-14,16-17,34H,3,15H2,1-2H3. The molecule has 2 aromatic carbocycles. The first-order chi connectivity index (χ1) is 17.2. The van der Waals surface area contributed by atoms with Crippen LogP contribution >= 0.6 is 0 Å². The number of phenolic OH excluding ortho intramolecular Hbond substituents is 1. The molecule has 0 saturated heterocycles. The van der Waals surface area contributed by atoms with Gasteiger partial charge in [-0.15, -0.1) is 0 Å². The summed E-state index contributed by atoms with van der Waals surface area (Å²) < 4.78 is 47.2. The van der Waals surface area contributed by atoms with Crippen LogP contribution in [0.5, 0.6) is 5.75 Å². The first-order valence-electron chi connectivity index (χ1n) is 11.4. The van der Waals surface area contributed by atoms with Crippen LogP contribution in [0, 0.1) is 0 Å². The van der Waals surface area contributed by atoms with Crippen LogP contribution in [0.25, 0.3) is 17.1 Å². The van der Waals surface area contributed by atoms with Crippen molar-refractivity contribution < 1.29 is 27.8 Å². The van der Waals surface area contributed by atoms with Gasteiger partial charge in [0.05, 0.1) is 18.5 Å². The van der Waals surface area contributed by atoms with E-state index >= 15 is 0 Å². The first-order valence-corrected chi connectivity index (χ1v) is 11.4. The number of nitrogens with zero attached hydrogens (tertiary/aromatic N) is 3. The summed E-state index contributed by atoms with van der Waals surface area (Å²) in [5.41, 5.74) is 1.35. The number of ether oxygens (including phenoxy) is 1. The number of carbonyl (C=O) groups is 1. The smallest absolute Gasteiger partial charge is 0.434 e. The Morgan fingerprint density at radius 3 is 2.47 bits per heavy atom. The highest BCUT2D eigenvalue weighted by atomic mass is 19.4. The number of hydrogen-bond acceptors (Lipinski definition) is 5. The third kappa shape index (κ3) is 5.25. The molecule has 0 bridgehead atoms. The lowest BCUT2D eigenvalue weighted by Crippen LogP contribution is -2.19. The highest BCUT2D eigenvalue weighted by Gasteiger charge is 2.41. The number of rotatable bonds is 7. The Bertz CT molecular complexity index is 1360. The van der Waals surface area contributed by atoms with Gasteiger partial charge in [0.1, 0.15) is 11.3 Å². The summed E-state index contributed by atoms with van der Waals surface area (Å²) in [6, 6.07) is 19.3. The normalized spacial score (nSPS) is 12.4. The molecule has 1 unspecified atom stereocenters. The zero-order chi connectivity index (χ0) is 25.9. The van der Waals surface area contributed by atoms with Crippen molar-refractivity contribution in [3.8, 4) is 22.8 Å². The molecule has 2 heterocycles. The maximum atomic E-state index is 13.9. The van der Waals surface area contributed by atoms with Crippen molar-refractivity contribution in [2.75, 3.05) is 6.61 Å². The van der Waals surface area contributed by atoms with E-state index in [1.807, 2.05) is 36.4 Å². The lowest BCUT2D eigenvalue weighted by molar-refractivity contribution is -0.143. The van der Waals surface area contributed by atoms with Gasteiger partial charge in [-0.2, -0.15) is 18.3 Å². The number of phenols is 1. The van der Waals surface area contributed by atoms with Gasteiger partial charge >= 0.3 is 12.1 Å². The van der Waals surface area contributed by atoms with Gasteiger partial charge < -0.3 is 9.84 Å². The van der Waals surface area contributed by atoms with Crippen molar-refractivity contribution in [1.29, 1.82) is 0 Å². The lowest BCUT2D eigenvalue weighted by Gasteiger charge is -2.17. The Balaban J connectivity index is 1.73. The molecule has 4 rings (SSSR count). The SMILES string of the molecule is CCOC(=O)c1cnn(-c2cccc(-c3ccccc3C(C)Cc3ccc(O)cc3)n2)c1C(F)(F)F. The van der Waals surface area contributed by atoms with Crippen molar-refractivity contribution in [3.63, 3.8) is 0 Å². The maximum Gasteiger partial charge on any atom is 0.434 e. The minimum Gasteiger partial charge on any atom is -0.508 e. The number of alkyl halides is 3. The molecule has 186 valence electrons. The predicted octanol–water partition coefficient (Wildman–Crippen LogP) is 6.18. The monoisotopic (exact) mass is 495 g/mol. The highest BCUT2D eigenvalue weighted by molar-refractivity contribution is 5.90. The van der Waals surface area contributed by atoms with Crippen LogP contribution in [0.1, 0.15) is 46.9 Å². The fourth-order valence-electron chi connectivity index (χ4n) is 4.10. The molecule has 0 aliphatic rings. The van der Waals surface area contributed by atoms with E-state index in [4.69, 9.17) is 4.74 Å². The molecule has 2 aromatic heterocycles. The molecule has 0 aliphatic carbocycles. The number of esters is 1. The Morgan fingerprint density at radius 1 is 1.06 bits per heavy atom. The van der Waals surface area contributed by atoms with E-state index in [-0.39, 0.29) is 24.1 Å². The Labute approximate surface area is 206 Å². The van der Waals surface area contributed by atoms with E-state index < -0.39 is 23.4 Å². The largest absolute Gasteiger partial charge is 0.508 e. The van der Waals surface area contributed by atoms with Gasteiger partial charge in [-0.25, -0.2) is 14.5 Å². The molecule has 0 radical (unpaired) electrons. The van der Waals surface area contributed by atoms with Gasteiger partial charge in [-0.3, -0.25) is 0 Å². The van der Waals surface area contributed by atoms with Gasteiger partial charge in [0.25, 0.3) is 0 Å². The average Bonchev–Trinajstić information content (AvgIpc) is 3.32. The van der Waals surface area contributed by atoms with Crippen LogP contribution in [0.4, 0.5) is 13.2 Å². The number of carbonyl (C=O) groups excluding carboxylic acids is 1.